The zero-order valence-corrected chi connectivity index (χ0v) is 9.14. The van der Waals surface area contributed by atoms with Crippen LogP contribution in [-0.2, 0) is 32.7 Å². The SMILES string of the molecule is C.[CH2-]N1CN(CC)C1.[CH3-].[Y]. The fourth-order valence-electron chi connectivity index (χ4n) is 0.724. The summed E-state index contributed by atoms with van der Waals surface area (Å²) in [5.41, 5.74) is 0. The van der Waals surface area contributed by atoms with Crippen molar-refractivity contribution in [2.75, 3.05) is 19.9 Å². The van der Waals surface area contributed by atoms with E-state index in [4.69, 9.17) is 0 Å². The molecule has 10 heavy (non-hydrogen) atoms. The number of hydrogen-bond acceptors (Lipinski definition) is 2. The van der Waals surface area contributed by atoms with Gasteiger partial charge in [0.15, 0.2) is 0 Å². The molecule has 1 heterocycles. The summed E-state index contributed by atoms with van der Waals surface area (Å²) in [6.45, 7) is 5.42. The smallest absolute Gasteiger partial charge is 0.0253 e. The Morgan fingerprint density at radius 3 is 1.90 bits per heavy atom. The largest absolute Gasteiger partial charge is 0.435 e. The quantitative estimate of drug-likeness (QED) is 0.615. The molecule has 0 unspecified atom stereocenters. The van der Waals surface area contributed by atoms with E-state index in [-0.39, 0.29) is 47.6 Å². The predicted molar refractivity (Wildman–Crippen MR) is 42.5 cm³/mol. The van der Waals surface area contributed by atoms with Gasteiger partial charge in [0.05, 0.1) is 0 Å². The van der Waals surface area contributed by atoms with Crippen molar-refractivity contribution in [1.29, 1.82) is 0 Å². The van der Waals surface area contributed by atoms with Gasteiger partial charge in [0, 0.05) is 46.0 Å². The maximum Gasteiger partial charge on any atom is 0.0253 e. The summed E-state index contributed by atoms with van der Waals surface area (Å²) in [6.07, 6.45) is 0. The molecule has 3 heteroatoms. The minimum Gasteiger partial charge on any atom is -0.435 e. The van der Waals surface area contributed by atoms with Crippen LogP contribution in [0.5, 0.6) is 0 Å². The maximum absolute atomic E-state index is 3.73. The molecule has 0 aromatic heterocycles. The molecule has 1 radical (unpaired) electrons. The predicted octanol–water partition coefficient (Wildman–Crippen LogP) is 1.41. The summed E-state index contributed by atoms with van der Waals surface area (Å²) in [6, 6.07) is 0. The van der Waals surface area contributed by atoms with Crippen molar-refractivity contribution in [3.05, 3.63) is 14.5 Å². The topological polar surface area (TPSA) is 6.48 Å². The second kappa shape index (κ2) is 8.12. The molecule has 2 nitrogen and oxygen atoms in total. The second-order valence-corrected chi connectivity index (χ2v) is 1.94. The minimum absolute atomic E-state index is 0. The first kappa shape index (κ1) is 17.2. The van der Waals surface area contributed by atoms with Crippen LogP contribution in [0.3, 0.4) is 0 Å². The molecule has 0 N–H and O–H groups in total. The van der Waals surface area contributed by atoms with Crippen LogP contribution in [-0.4, -0.2) is 29.7 Å². The van der Waals surface area contributed by atoms with E-state index >= 15 is 0 Å². The van der Waals surface area contributed by atoms with Crippen LogP contribution in [0.2, 0.25) is 0 Å². The van der Waals surface area contributed by atoms with Crippen LogP contribution in [0, 0.1) is 14.5 Å². The van der Waals surface area contributed by atoms with Gasteiger partial charge in [-0.15, -0.1) is 0 Å². The molecule has 1 saturated heterocycles. The van der Waals surface area contributed by atoms with Crippen LogP contribution in [0.4, 0.5) is 0 Å². The van der Waals surface area contributed by atoms with Crippen molar-refractivity contribution in [3.63, 3.8) is 0 Å². The van der Waals surface area contributed by atoms with E-state index in [1.54, 1.807) is 0 Å². The van der Waals surface area contributed by atoms with Gasteiger partial charge in [-0.2, -0.15) is 0 Å². The van der Waals surface area contributed by atoms with Gasteiger partial charge in [-0.1, -0.05) is 14.4 Å². The summed E-state index contributed by atoms with van der Waals surface area (Å²) >= 11 is 0. The van der Waals surface area contributed by atoms with Gasteiger partial charge >= 0.3 is 0 Å². The molecule has 0 spiro atoms. The van der Waals surface area contributed by atoms with E-state index in [0.717, 1.165) is 19.9 Å². The second-order valence-electron chi connectivity index (χ2n) is 1.94. The fourth-order valence-corrected chi connectivity index (χ4v) is 0.724. The van der Waals surface area contributed by atoms with Crippen LogP contribution in [0.1, 0.15) is 14.4 Å². The molecule has 0 atom stereocenters. The summed E-state index contributed by atoms with van der Waals surface area (Å²) in [4.78, 5) is 4.34. The summed E-state index contributed by atoms with van der Waals surface area (Å²) in [5, 5.41) is 0. The standard InChI is InChI=1S/C5H11N2.CH4.CH3.Y/c1-3-7-4-6(2)5-7;;;/h2-5H2,1H3;1H4;1H3;/q-1;;-1;. The van der Waals surface area contributed by atoms with Crippen LogP contribution in [0.15, 0.2) is 0 Å². The van der Waals surface area contributed by atoms with Gasteiger partial charge in [0.1, 0.15) is 0 Å². The third kappa shape index (κ3) is 4.78. The molecule has 0 aromatic carbocycles. The van der Waals surface area contributed by atoms with E-state index in [1.165, 1.54) is 0 Å². The molecular formula is C7H18N2Y-2. The fraction of sp³-hybridized carbons (Fsp3) is 0.714. The zero-order valence-electron chi connectivity index (χ0n) is 6.30. The van der Waals surface area contributed by atoms with Crippen molar-refractivity contribution in [1.82, 2.24) is 9.80 Å². The Kier molecular flexibility index (Phi) is 14.0. The van der Waals surface area contributed by atoms with E-state index in [0.29, 0.717) is 0 Å². The number of nitrogens with zero attached hydrogens (tertiary/aromatic N) is 2. The average Bonchev–Trinajstić information content (AvgIpc) is 1.58. The zero-order chi connectivity index (χ0) is 5.28. The van der Waals surface area contributed by atoms with E-state index < -0.39 is 0 Å². The van der Waals surface area contributed by atoms with Crippen molar-refractivity contribution < 1.29 is 32.7 Å². The van der Waals surface area contributed by atoms with E-state index in [2.05, 4.69) is 18.9 Å². The van der Waals surface area contributed by atoms with Crippen LogP contribution < -0.4 is 0 Å². The first-order valence-corrected chi connectivity index (χ1v) is 2.60. The van der Waals surface area contributed by atoms with Crippen LogP contribution >= 0.6 is 0 Å². The Morgan fingerprint density at radius 2 is 1.80 bits per heavy atom. The molecule has 1 aliphatic heterocycles. The van der Waals surface area contributed by atoms with Crippen molar-refractivity contribution in [2.24, 2.45) is 0 Å². The van der Waals surface area contributed by atoms with Gasteiger partial charge in [0.2, 0.25) is 0 Å². The van der Waals surface area contributed by atoms with Gasteiger partial charge in [-0.05, 0) is 6.54 Å². The first-order chi connectivity index (χ1) is 3.33. The number of rotatable bonds is 1. The van der Waals surface area contributed by atoms with Gasteiger partial charge < -0.3 is 12.3 Å². The minimum atomic E-state index is 0. The molecule has 1 rings (SSSR count). The molecule has 1 aliphatic rings. The summed E-state index contributed by atoms with van der Waals surface area (Å²) in [5.74, 6) is 0. The van der Waals surface area contributed by atoms with Gasteiger partial charge in [-0.25, -0.2) is 0 Å². The molecule has 0 bridgehead atoms. The molecule has 1 fully saturated rings. The Balaban J connectivity index is -0.000000163. The molecule has 0 aromatic rings. The van der Waals surface area contributed by atoms with Crippen LogP contribution in [0.25, 0.3) is 0 Å². The van der Waals surface area contributed by atoms with E-state index in [1.807, 2.05) is 4.90 Å². The summed E-state index contributed by atoms with van der Waals surface area (Å²) < 4.78 is 0. The first-order valence-electron chi connectivity index (χ1n) is 2.60. The molecule has 0 aliphatic carbocycles. The Hall–Kier alpha value is 1.02. The average molecular weight is 219 g/mol. The number of hydrogen-bond donors (Lipinski definition) is 0. The van der Waals surface area contributed by atoms with Crippen molar-refractivity contribution >= 4 is 0 Å². The Morgan fingerprint density at radius 1 is 1.40 bits per heavy atom. The van der Waals surface area contributed by atoms with Crippen molar-refractivity contribution in [3.8, 4) is 0 Å². The van der Waals surface area contributed by atoms with Gasteiger partial charge in [0.25, 0.3) is 0 Å². The molecule has 0 amide bonds. The summed E-state index contributed by atoms with van der Waals surface area (Å²) in [7, 11) is 3.73. The maximum atomic E-state index is 3.73. The molecule has 0 saturated carbocycles. The Labute approximate surface area is 90.8 Å². The molecule has 61 valence electrons. The normalized spacial score (nSPS) is 17.4. The Bertz CT molecular complexity index is 62.6. The van der Waals surface area contributed by atoms with Gasteiger partial charge in [-0.3, -0.25) is 11.9 Å². The third-order valence-electron chi connectivity index (χ3n) is 1.25. The molecular weight excluding hydrogens is 201 g/mol. The monoisotopic (exact) mass is 219 g/mol. The third-order valence-corrected chi connectivity index (χ3v) is 1.25. The van der Waals surface area contributed by atoms with Crippen molar-refractivity contribution in [2.45, 2.75) is 14.4 Å². The van der Waals surface area contributed by atoms with E-state index in [9.17, 15) is 0 Å².